The van der Waals surface area contributed by atoms with Crippen LogP contribution in [0.25, 0.3) is 0 Å². The number of H-pyrrole nitrogens is 1. The van der Waals surface area contributed by atoms with Crippen LogP contribution in [-0.2, 0) is 4.79 Å². The fraction of sp³-hybridized carbons (Fsp3) is 0.667. The predicted octanol–water partition coefficient (Wildman–Crippen LogP) is 0.909. The van der Waals surface area contributed by atoms with Crippen LogP contribution in [-0.4, -0.2) is 41.1 Å². The molecule has 1 aromatic heterocycles. The summed E-state index contributed by atoms with van der Waals surface area (Å²) >= 11 is 0. The molecule has 0 spiro atoms. The number of hydrogen-bond donors (Lipinski definition) is 2. The van der Waals surface area contributed by atoms with Gasteiger partial charge in [-0.15, -0.1) is 0 Å². The standard InChI is InChI=1S/C12H20N4O/c1-8-12(9(2)15-14-8)10-5-4-6-16(10)11(17)7-13-3/h10,13H,4-7H2,1-3H3,(H,14,15). The van der Waals surface area contributed by atoms with Crippen molar-refractivity contribution < 1.29 is 4.79 Å². The van der Waals surface area contributed by atoms with Crippen LogP contribution >= 0.6 is 0 Å². The molecule has 0 bridgehead atoms. The molecule has 1 atom stereocenters. The SMILES string of the molecule is CNCC(=O)N1CCCC1c1c(C)n[nH]c1C. The van der Waals surface area contributed by atoms with Crippen LogP contribution < -0.4 is 5.32 Å². The number of amides is 1. The van der Waals surface area contributed by atoms with Crippen LogP contribution in [0.2, 0.25) is 0 Å². The first kappa shape index (κ1) is 12.1. The molecule has 0 radical (unpaired) electrons. The molecule has 1 unspecified atom stereocenters. The maximum absolute atomic E-state index is 12.0. The summed E-state index contributed by atoms with van der Waals surface area (Å²) in [6, 6.07) is 0.203. The Balaban J connectivity index is 2.23. The molecule has 1 aliphatic rings. The molecule has 94 valence electrons. The molecule has 5 nitrogen and oxygen atoms in total. The molecule has 1 saturated heterocycles. The zero-order valence-corrected chi connectivity index (χ0v) is 10.7. The predicted molar refractivity (Wildman–Crippen MR) is 65.7 cm³/mol. The van der Waals surface area contributed by atoms with E-state index in [4.69, 9.17) is 0 Å². The highest BCUT2D eigenvalue weighted by molar-refractivity contribution is 5.79. The van der Waals surface area contributed by atoms with Crippen LogP contribution in [0.5, 0.6) is 0 Å². The maximum Gasteiger partial charge on any atom is 0.237 e. The molecule has 0 saturated carbocycles. The normalized spacial score (nSPS) is 19.9. The van der Waals surface area contributed by atoms with E-state index < -0.39 is 0 Å². The minimum Gasteiger partial charge on any atom is -0.334 e. The smallest absolute Gasteiger partial charge is 0.237 e. The number of likely N-dealkylation sites (tertiary alicyclic amines) is 1. The Morgan fingerprint density at radius 3 is 2.94 bits per heavy atom. The first-order valence-corrected chi connectivity index (χ1v) is 6.10. The number of rotatable bonds is 3. The fourth-order valence-corrected chi connectivity index (χ4v) is 2.67. The molecular formula is C12H20N4O. The molecule has 1 fully saturated rings. The van der Waals surface area contributed by atoms with Crippen LogP contribution in [0.4, 0.5) is 0 Å². The summed E-state index contributed by atoms with van der Waals surface area (Å²) < 4.78 is 0. The summed E-state index contributed by atoms with van der Waals surface area (Å²) in [6.45, 7) is 5.29. The number of likely N-dealkylation sites (N-methyl/N-ethyl adjacent to an activating group) is 1. The number of aromatic amines is 1. The Morgan fingerprint density at radius 2 is 2.35 bits per heavy atom. The van der Waals surface area contributed by atoms with Crippen molar-refractivity contribution in [2.24, 2.45) is 0 Å². The lowest BCUT2D eigenvalue weighted by atomic mass is 10.0. The molecule has 0 aliphatic carbocycles. The summed E-state index contributed by atoms with van der Waals surface area (Å²) in [5.74, 6) is 0.176. The van der Waals surface area contributed by atoms with Gasteiger partial charge in [-0.3, -0.25) is 9.89 Å². The highest BCUT2D eigenvalue weighted by Crippen LogP contribution is 2.34. The van der Waals surface area contributed by atoms with E-state index in [1.807, 2.05) is 18.7 Å². The maximum atomic E-state index is 12.0. The highest BCUT2D eigenvalue weighted by atomic mass is 16.2. The first-order chi connectivity index (χ1) is 8.15. The molecule has 2 N–H and O–H groups in total. The van der Waals surface area contributed by atoms with Crippen LogP contribution in [0.1, 0.15) is 35.8 Å². The van der Waals surface area contributed by atoms with Crippen molar-refractivity contribution in [1.82, 2.24) is 20.4 Å². The van der Waals surface area contributed by atoms with Crippen molar-refractivity contribution >= 4 is 5.91 Å². The Labute approximate surface area is 102 Å². The quantitative estimate of drug-likeness (QED) is 0.820. The summed E-state index contributed by atoms with van der Waals surface area (Å²) in [4.78, 5) is 14.0. The number of aryl methyl sites for hydroxylation is 2. The summed E-state index contributed by atoms with van der Waals surface area (Å²) in [7, 11) is 1.80. The number of hydrogen-bond acceptors (Lipinski definition) is 3. The van der Waals surface area contributed by atoms with E-state index in [2.05, 4.69) is 15.5 Å². The van der Waals surface area contributed by atoms with Crippen molar-refractivity contribution in [2.75, 3.05) is 20.1 Å². The van der Waals surface area contributed by atoms with Gasteiger partial charge in [-0.05, 0) is 33.7 Å². The van der Waals surface area contributed by atoms with Gasteiger partial charge in [-0.2, -0.15) is 5.10 Å². The number of nitrogens with zero attached hydrogens (tertiary/aromatic N) is 2. The van der Waals surface area contributed by atoms with Crippen LogP contribution in [0.3, 0.4) is 0 Å². The number of carbonyl (C=O) groups excluding carboxylic acids is 1. The third-order valence-electron chi connectivity index (χ3n) is 3.42. The topological polar surface area (TPSA) is 61.0 Å². The lowest BCUT2D eigenvalue weighted by Crippen LogP contribution is -2.36. The third-order valence-corrected chi connectivity index (χ3v) is 3.42. The largest absolute Gasteiger partial charge is 0.334 e. The second kappa shape index (κ2) is 4.87. The summed E-state index contributed by atoms with van der Waals surface area (Å²) in [5.41, 5.74) is 3.29. The van der Waals surface area contributed by atoms with Gasteiger partial charge in [0.25, 0.3) is 0 Å². The minimum absolute atomic E-state index is 0.176. The van der Waals surface area contributed by atoms with Crippen molar-refractivity contribution in [1.29, 1.82) is 0 Å². The minimum atomic E-state index is 0.176. The highest BCUT2D eigenvalue weighted by Gasteiger charge is 2.32. The number of nitrogens with one attached hydrogen (secondary N) is 2. The Kier molecular flexibility index (Phi) is 3.47. The second-order valence-electron chi connectivity index (χ2n) is 4.62. The average molecular weight is 236 g/mol. The molecule has 1 amide bonds. The second-order valence-corrected chi connectivity index (χ2v) is 4.62. The van der Waals surface area contributed by atoms with Crippen molar-refractivity contribution in [2.45, 2.75) is 32.7 Å². The summed E-state index contributed by atoms with van der Waals surface area (Å²) in [5, 5.41) is 10.1. The third kappa shape index (κ3) is 2.20. The fourth-order valence-electron chi connectivity index (χ4n) is 2.67. The van der Waals surface area contributed by atoms with Gasteiger partial charge < -0.3 is 10.2 Å². The molecule has 1 aromatic rings. The summed E-state index contributed by atoms with van der Waals surface area (Å²) in [6.07, 6.45) is 2.11. The zero-order chi connectivity index (χ0) is 12.4. The lowest BCUT2D eigenvalue weighted by molar-refractivity contribution is -0.131. The van der Waals surface area contributed by atoms with Gasteiger partial charge in [0.05, 0.1) is 18.3 Å². The van der Waals surface area contributed by atoms with Crippen molar-refractivity contribution in [3.05, 3.63) is 17.0 Å². The molecule has 5 heteroatoms. The van der Waals surface area contributed by atoms with Gasteiger partial charge in [-0.25, -0.2) is 0 Å². The van der Waals surface area contributed by atoms with Crippen molar-refractivity contribution in [3.63, 3.8) is 0 Å². The van der Waals surface area contributed by atoms with Gasteiger partial charge in [0.2, 0.25) is 5.91 Å². The van der Waals surface area contributed by atoms with E-state index in [1.165, 1.54) is 5.56 Å². The van der Waals surface area contributed by atoms with Crippen LogP contribution in [0.15, 0.2) is 0 Å². The average Bonchev–Trinajstić information content (AvgIpc) is 2.86. The van der Waals surface area contributed by atoms with E-state index in [9.17, 15) is 4.79 Å². The molecule has 1 aliphatic heterocycles. The molecule has 0 aromatic carbocycles. The van der Waals surface area contributed by atoms with Gasteiger partial charge in [0.15, 0.2) is 0 Å². The van der Waals surface area contributed by atoms with Crippen LogP contribution in [0, 0.1) is 13.8 Å². The number of carbonyl (C=O) groups is 1. The first-order valence-electron chi connectivity index (χ1n) is 6.10. The van der Waals surface area contributed by atoms with Gasteiger partial charge in [-0.1, -0.05) is 0 Å². The van der Waals surface area contributed by atoms with Gasteiger partial charge in [0.1, 0.15) is 0 Å². The zero-order valence-electron chi connectivity index (χ0n) is 10.7. The van der Waals surface area contributed by atoms with E-state index in [-0.39, 0.29) is 11.9 Å². The Bertz CT molecular complexity index is 393. The lowest BCUT2D eigenvalue weighted by Gasteiger charge is -2.25. The molecule has 2 heterocycles. The Morgan fingerprint density at radius 1 is 1.59 bits per heavy atom. The van der Waals surface area contributed by atoms with E-state index >= 15 is 0 Å². The monoisotopic (exact) mass is 236 g/mol. The van der Waals surface area contributed by atoms with Gasteiger partial charge in [0, 0.05) is 17.8 Å². The molecule has 2 rings (SSSR count). The number of aromatic nitrogens is 2. The van der Waals surface area contributed by atoms with E-state index in [0.29, 0.717) is 6.54 Å². The molecular weight excluding hydrogens is 216 g/mol. The van der Waals surface area contributed by atoms with E-state index in [1.54, 1.807) is 7.05 Å². The molecule has 17 heavy (non-hydrogen) atoms. The Hall–Kier alpha value is -1.36. The van der Waals surface area contributed by atoms with Gasteiger partial charge >= 0.3 is 0 Å². The van der Waals surface area contributed by atoms with E-state index in [0.717, 1.165) is 30.8 Å². The van der Waals surface area contributed by atoms with Crippen molar-refractivity contribution in [3.8, 4) is 0 Å².